The molecule has 0 unspecified atom stereocenters. The van der Waals surface area contributed by atoms with Gasteiger partial charge in [0.25, 0.3) is 0 Å². The number of anilines is 1. The van der Waals surface area contributed by atoms with Crippen molar-refractivity contribution in [2.75, 3.05) is 12.4 Å². The molecule has 1 heterocycles. The van der Waals surface area contributed by atoms with E-state index in [-0.39, 0.29) is 5.91 Å². The standard InChI is InChI=1S/C23H21N3O2/c1-28-20-11-9-17(10-12-20)16-26-22(13-14-24-26)25-23(27)15-19-7-4-6-18-5-2-3-8-21(18)19/h2-14H,15-16H2,1H3,(H,25,27). The zero-order valence-corrected chi connectivity index (χ0v) is 15.6. The minimum Gasteiger partial charge on any atom is -0.497 e. The molecule has 0 radical (unpaired) electrons. The second-order valence-electron chi connectivity index (χ2n) is 6.59. The molecule has 5 heteroatoms. The molecule has 0 aliphatic carbocycles. The number of hydrogen-bond donors (Lipinski definition) is 1. The highest BCUT2D eigenvalue weighted by atomic mass is 16.5. The van der Waals surface area contributed by atoms with Gasteiger partial charge in [-0.1, -0.05) is 54.6 Å². The molecule has 5 nitrogen and oxygen atoms in total. The Balaban J connectivity index is 1.47. The van der Waals surface area contributed by atoms with Gasteiger partial charge in [0.2, 0.25) is 5.91 Å². The summed E-state index contributed by atoms with van der Waals surface area (Å²) in [6, 6.07) is 23.8. The van der Waals surface area contributed by atoms with Crippen LogP contribution in [-0.2, 0) is 17.8 Å². The third-order valence-corrected chi connectivity index (χ3v) is 4.71. The lowest BCUT2D eigenvalue weighted by Crippen LogP contribution is -2.18. The van der Waals surface area contributed by atoms with Crippen molar-refractivity contribution in [3.05, 3.63) is 90.1 Å². The summed E-state index contributed by atoms with van der Waals surface area (Å²) in [5.74, 6) is 1.43. The molecule has 0 spiro atoms. The van der Waals surface area contributed by atoms with Crippen LogP contribution in [0.2, 0.25) is 0 Å². The second kappa shape index (κ2) is 7.96. The SMILES string of the molecule is COc1ccc(Cn2nccc2NC(=O)Cc2cccc3ccccc23)cc1. The van der Waals surface area contributed by atoms with Crippen molar-refractivity contribution in [2.45, 2.75) is 13.0 Å². The van der Waals surface area contributed by atoms with Crippen LogP contribution in [0.15, 0.2) is 79.0 Å². The number of carbonyl (C=O) groups excluding carboxylic acids is 1. The van der Waals surface area contributed by atoms with E-state index >= 15 is 0 Å². The Hall–Kier alpha value is -3.60. The van der Waals surface area contributed by atoms with Gasteiger partial charge in [-0.05, 0) is 34.0 Å². The fourth-order valence-electron chi connectivity index (χ4n) is 3.28. The molecule has 28 heavy (non-hydrogen) atoms. The van der Waals surface area contributed by atoms with Crippen LogP contribution in [0.4, 0.5) is 5.82 Å². The van der Waals surface area contributed by atoms with Gasteiger partial charge in [-0.3, -0.25) is 4.79 Å². The monoisotopic (exact) mass is 371 g/mol. The first-order chi connectivity index (χ1) is 13.7. The number of ether oxygens (including phenoxy) is 1. The van der Waals surface area contributed by atoms with Gasteiger partial charge in [-0.2, -0.15) is 5.10 Å². The average Bonchev–Trinajstić information content (AvgIpc) is 3.15. The molecule has 4 aromatic rings. The highest BCUT2D eigenvalue weighted by molar-refractivity contribution is 5.95. The van der Waals surface area contributed by atoms with Gasteiger partial charge < -0.3 is 10.1 Å². The number of carbonyl (C=O) groups is 1. The second-order valence-corrected chi connectivity index (χ2v) is 6.59. The van der Waals surface area contributed by atoms with E-state index in [0.29, 0.717) is 18.8 Å². The lowest BCUT2D eigenvalue weighted by Gasteiger charge is -2.11. The summed E-state index contributed by atoms with van der Waals surface area (Å²) in [6.07, 6.45) is 2.01. The van der Waals surface area contributed by atoms with Crippen LogP contribution in [0.1, 0.15) is 11.1 Å². The predicted molar refractivity (Wildman–Crippen MR) is 111 cm³/mol. The smallest absolute Gasteiger partial charge is 0.229 e. The molecule has 0 bridgehead atoms. The maximum atomic E-state index is 12.6. The zero-order valence-electron chi connectivity index (χ0n) is 15.6. The van der Waals surface area contributed by atoms with E-state index in [1.165, 1.54) is 0 Å². The fourth-order valence-corrected chi connectivity index (χ4v) is 3.28. The Bertz CT molecular complexity index is 1100. The fraction of sp³-hybridized carbons (Fsp3) is 0.130. The third-order valence-electron chi connectivity index (χ3n) is 4.71. The van der Waals surface area contributed by atoms with Gasteiger partial charge in [0.15, 0.2) is 0 Å². The van der Waals surface area contributed by atoms with E-state index in [9.17, 15) is 4.79 Å². The minimum absolute atomic E-state index is 0.0622. The van der Waals surface area contributed by atoms with Gasteiger partial charge in [-0.15, -0.1) is 0 Å². The number of rotatable bonds is 6. The van der Waals surface area contributed by atoms with Crippen molar-refractivity contribution in [2.24, 2.45) is 0 Å². The van der Waals surface area contributed by atoms with Gasteiger partial charge in [0, 0.05) is 6.07 Å². The number of hydrogen-bond acceptors (Lipinski definition) is 3. The molecule has 1 aromatic heterocycles. The van der Waals surface area contributed by atoms with E-state index in [4.69, 9.17) is 4.74 Å². The third kappa shape index (κ3) is 3.88. The summed E-state index contributed by atoms with van der Waals surface area (Å²) in [5.41, 5.74) is 2.09. The Morgan fingerprint density at radius 1 is 1.00 bits per heavy atom. The zero-order chi connectivity index (χ0) is 19.3. The molecule has 140 valence electrons. The lowest BCUT2D eigenvalue weighted by atomic mass is 10.0. The summed E-state index contributed by atoms with van der Waals surface area (Å²) in [4.78, 5) is 12.6. The van der Waals surface area contributed by atoms with Crippen LogP contribution >= 0.6 is 0 Å². The number of amides is 1. The quantitative estimate of drug-likeness (QED) is 0.551. The van der Waals surface area contributed by atoms with Crippen molar-refractivity contribution in [3.8, 4) is 5.75 Å². The van der Waals surface area contributed by atoms with E-state index in [2.05, 4.69) is 22.5 Å². The number of aromatic nitrogens is 2. The van der Waals surface area contributed by atoms with E-state index in [1.807, 2.05) is 60.7 Å². The maximum Gasteiger partial charge on any atom is 0.229 e. The number of benzene rings is 3. The average molecular weight is 371 g/mol. The van der Waals surface area contributed by atoms with Crippen molar-refractivity contribution in [3.63, 3.8) is 0 Å². The van der Waals surface area contributed by atoms with E-state index in [0.717, 1.165) is 27.6 Å². The molecule has 3 aromatic carbocycles. The van der Waals surface area contributed by atoms with Crippen molar-refractivity contribution >= 4 is 22.5 Å². The summed E-state index contributed by atoms with van der Waals surface area (Å²) in [7, 11) is 1.64. The highest BCUT2D eigenvalue weighted by Gasteiger charge is 2.10. The van der Waals surface area contributed by atoms with Crippen molar-refractivity contribution in [1.82, 2.24) is 9.78 Å². The number of fused-ring (bicyclic) bond motifs is 1. The van der Waals surface area contributed by atoms with E-state index in [1.54, 1.807) is 18.0 Å². The molecular weight excluding hydrogens is 350 g/mol. The Labute approximate surface area is 163 Å². The summed E-state index contributed by atoms with van der Waals surface area (Å²) >= 11 is 0. The summed E-state index contributed by atoms with van der Waals surface area (Å²) in [5, 5.41) is 9.56. The van der Waals surface area contributed by atoms with Gasteiger partial charge >= 0.3 is 0 Å². The molecule has 1 N–H and O–H groups in total. The summed E-state index contributed by atoms with van der Waals surface area (Å²) in [6.45, 7) is 0.570. The van der Waals surface area contributed by atoms with Crippen LogP contribution < -0.4 is 10.1 Å². The maximum absolute atomic E-state index is 12.6. The molecule has 0 saturated carbocycles. The molecule has 0 saturated heterocycles. The largest absolute Gasteiger partial charge is 0.497 e. The van der Waals surface area contributed by atoms with Crippen molar-refractivity contribution < 1.29 is 9.53 Å². The normalized spacial score (nSPS) is 10.8. The van der Waals surface area contributed by atoms with Crippen LogP contribution in [0.5, 0.6) is 5.75 Å². The highest BCUT2D eigenvalue weighted by Crippen LogP contribution is 2.20. The molecule has 4 rings (SSSR count). The van der Waals surface area contributed by atoms with Crippen molar-refractivity contribution in [1.29, 1.82) is 0 Å². The van der Waals surface area contributed by atoms with E-state index < -0.39 is 0 Å². The topological polar surface area (TPSA) is 56.1 Å². The Morgan fingerprint density at radius 3 is 2.61 bits per heavy atom. The molecule has 1 amide bonds. The molecule has 0 aliphatic rings. The lowest BCUT2D eigenvalue weighted by molar-refractivity contribution is -0.115. The number of methoxy groups -OCH3 is 1. The van der Waals surface area contributed by atoms with Crippen LogP contribution in [-0.4, -0.2) is 22.8 Å². The molecule has 0 aliphatic heterocycles. The molecule has 0 atom stereocenters. The van der Waals surface area contributed by atoms with Crippen LogP contribution in [0, 0.1) is 0 Å². The first-order valence-electron chi connectivity index (χ1n) is 9.14. The Kier molecular flexibility index (Phi) is 5.06. The Morgan fingerprint density at radius 2 is 1.79 bits per heavy atom. The molecule has 0 fully saturated rings. The first kappa shape index (κ1) is 17.8. The first-order valence-corrected chi connectivity index (χ1v) is 9.14. The number of nitrogens with one attached hydrogen (secondary N) is 1. The molecular formula is C23H21N3O2. The summed E-state index contributed by atoms with van der Waals surface area (Å²) < 4.78 is 6.97. The number of nitrogens with zero attached hydrogens (tertiary/aromatic N) is 2. The van der Waals surface area contributed by atoms with Gasteiger partial charge in [0.1, 0.15) is 11.6 Å². The minimum atomic E-state index is -0.0622. The predicted octanol–water partition coefficient (Wildman–Crippen LogP) is 4.27. The van der Waals surface area contributed by atoms with Gasteiger partial charge in [-0.25, -0.2) is 4.68 Å². The van der Waals surface area contributed by atoms with Crippen LogP contribution in [0.25, 0.3) is 10.8 Å². The van der Waals surface area contributed by atoms with Crippen LogP contribution in [0.3, 0.4) is 0 Å². The van der Waals surface area contributed by atoms with Gasteiger partial charge in [0.05, 0.1) is 26.3 Å².